The predicted molar refractivity (Wildman–Crippen MR) is 113 cm³/mol. The van der Waals surface area contributed by atoms with Gasteiger partial charge in [0.15, 0.2) is 5.17 Å². The molecule has 0 unspecified atom stereocenters. The average molecular weight is 480 g/mol. The second-order valence-electron chi connectivity index (χ2n) is 6.57. The summed E-state index contributed by atoms with van der Waals surface area (Å²) in [6.07, 6.45) is -2.56. The molecule has 2 heterocycles. The van der Waals surface area contributed by atoms with Gasteiger partial charge in [0, 0.05) is 24.3 Å². The van der Waals surface area contributed by atoms with E-state index < -0.39 is 18.3 Å². The second kappa shape index (κ2) is 9.98. The Morgan fingerprint density at radius 3 is 2.77 bits per heavy atom. The van der Waals surface area contributed by atoms with Crippen molar-refractivity contribution in [2.75, 3.05) is 11.1 Å². The van der Waals surface area contributed by atoms with E-state index in [2.05, 4.69) is 15.6 Å². The van der Waals surface area contributed by atoms with Gasteiger partial charge < -0.3 is 15.1 Å². The molecule has 0 saturated heterocycles. The lowest BCUT2D eigenvalue weighted by Gasteiger charge is -2.30. The quantitative estimate of drug-likeness (QED) is 0.494. The molecular formula is C19H18Cl2F3N3O2S. The molecule has 30 heavy (non-hydrogen) atoms. The largest absolute Gasteiger partial charge is 0.467 e. The highest BCUT2D eigenvalue weighted by Gasteiger charge is 2.44. The van der Waals surface area contributed by atoms with Crippen LogP contribution in [0, 0.1) is 0 Å². The summed E-state index contributed by atoms with van der Waals surface area (Å²) in [6.45, 7) is 0. The van der Waals surface area contributed by atoms with Gasteiger partial charge in [0.25, 0.3) is 0 Å². The van der Waals surface area contributed by atoms with Crippen LogP contribution < -0.4 is 10.6 Å². The normalized spacial score (nSPS) is 19.2. The molecule has 1 aliphatic heterocycles. The molecule has 5 nitrogen and oxygen atoms in total. The minimum Gasteiger partial charge on any atom is -0.467 e. The minimum atomic E-state index is -4.40. The number of halogens is 5. The van der Waals surface area contributed by atoms with Gasteiger partial charge in [-0.1, -0.05) is 35.0 Å². The van der Waals surface area contributed by atoms with Gasteiger partial charge in [-0.3, -0.25) is 9.79 Å². The van der Waals surface area contributed by atoms with E-state index in [0.717, 1.165) is 11.8 Å². The van der Waals surface area contributed by atoms with Gasteiger partial charge in [-0.2, -0.15) is 13.2 Å². The van der Waals surface area contributed by atoms with E-state index in [4.69, 9.17) is 27.6 Å². The van der Waals surface area contributed by atoms with Gasteiger partial charge >= 0.3 is 6.18 Å². The highest BCUT2D eigenvalue weighted by atomic mass is 35.5. The molecule has 0 aliphatic carbocycles. The molecule has 1 amide bonds. The van der Waals surface area contributed by atoms with Crippen molar-refractivity contribution < 1.29 is 22.4 Å². The first-order valence-corrected chi connectivity index (χ1v) is 10.8. The zero-order chi connectivity index (χ0) is 21.7. The molecule has 2 N–H and O–H groups in total. The number of carbonyl (C=O) groups is 1. The number of anilines is 1. The molecule has 1 aromatic heterocycles. The van der Waals surface area contributed by atoms with E-state index in [1.807, 2.05) is 0 Å². The van der Waals surface area contributed by atoms with Crippen LogP contribution in [0.1, 0.15) is 31.1 Å². The molecule has 1 aromatic carbocycles. The van der Waals surface area contributed by atoms with Crippen molar-refractivity contribution in [2.45, 2.75) is 37.5 Å². The molecule has 11 heteroatoms. The standard InChI is InChI=1S/C19H18Cl2F3N3O2S/c20-12-6-5-11(9-13(12)21)25-17(28)4-2-8-30-18-26-14(15-3-1-7-29-15)10-16(27-18)19(22,23)24/h1,3,5-7,9,14,16H,2,4,8,10H2,(H,25,28)(H,26,27)/t14-,16-/m1/s1. The van der Waals surface area contributed by atoms with Crippen LogP contribution in [0.3, 0.4) is 0 Å². The zero-order valence-electron chi connectivity index (χ0n) is 15.5. The maximum Gasteiger partial charge on any atom is 0.408 e. The van der Waals surface area contributed by atoms with Crippen LogP contribution in [0.25, 0.3) is 0 Å². The summed E-state index contributed by atoms with van der Waals surface area (Å²) in [7, 11) is 0. The monoisotopic (exact) mass is 479 g/mol. The number of hydrogen-bond donors (Lipinski definition) is 2. The molecule has 0 bridgehead atoms. The van der Waals surface area contributed by atoms with Gasteiger partial charge in [0.1, 0.15) is 17.8 Å². The molecule has 1 aliphatic rings. The third-order valence-electron chi connectivity index (χ3n) is 4.29. The average Bonchev–Trinajstić information content (AvgIpc) is 3.22. The van der Waals surface area contributed by atoms with Crippen molar-refractivity contribution in [1.29, 1.82) is 0 Å². The Morgan fingerprint density at radius 1 is 1.30 bits per heavy atom. The topological polar surface area (TPSA) is 66.6 Å². The maximum absolute atomic E-state index is 13.3. The van der Waals surface area contributed by atoms with Crippen molar-refractivity contribution in [2.24, 2.45) is 4.99 Å². The number of amides is 1. The van der Waals surface area contributed by atoms with Crippen LogP contribution in [-0.4, -0.2) is 29.0 Å². The lowest BCUT2D eigenvalue weighted by atomic mass is 10.0. The minimum absolute atomic E-state index is 0.190. The number of hydrogen-bond acceptors (Lipinski definition) is 5. The number of carbonyl (C=O) groups excluding carboxylic acids is 1. The van der Waals surface area contributed by atoms with Crippen molar-refractivity contribution in [3.63, 3.8) is 0 Å². The lowest BCUT2D eigenvalue weighted by molar-refractivity contribution is -0.155. The Bertz CT molecular complexity index is 907. The van der Waals surface area contributed by atoms with E-state index in [1.165, 1.54) is 6.26 Å². The molecule has 3 rings (SSSR count). The number of rotatable bonds is 6. The summed E-state index contributed by atoms with van der Waals surface area (Å²) in [4.78, 5) is 16.4. The van der Waals surface area contributed by atoms with Gasteiger partial charge in [0.2, 0.25) is 5.91 Å². The fraction of sp³-hybridized carbons (Fsp3) is 0.368. The Hall–Kier alpha value is -1.84. The third-order valence-corrected chi connectivity index (χ3v) is 6.02. The van der Waals surface area contributed by atoms with Crippen molar-refractivity contribution in [3.8, 4) is 0 Å². The number of aliphatic imine (C=N–C) groups is 1. The number of nitrogens with one attached hydrogen (secondary N) is 2. The summed E-state index contributed by atoms with van der Waals surface area (Å²) in [5.41, 5.74) is 0.523. The van der Waals surface area contributed by atoms with E-state index in [1.54, 1.807) is 30.3 Å². The molecule has 0 fully saturated rings. The number of thioether (sulfide) groups is 1. The first-order chi connectivity index (χ1) is 14.2. The molecule has 2 aromatic rings. The van der Waals surface area contributed by atoms with Gasteiger partial charge in [-0.05, 0) is 36.8 Å². The van der Waals surface area contributed by atoms with E-state index in [-0.39, 0.29) is 23.9 Å². The first kappa shape index (κ1) is 22.8. The van der Waals surface area contributed by atoms with E-state index >= 15 is 0 Å². The fourth-order valence-corrected chi connectivity index (χ4v) is 4.02. The maximum atomic E-state index is 13.3. The highest BCUT2D eigenvalue weighted by Crippen LogP contribution is 2.34. The first-order valence-electron chi connectivity index (χ1n) is 9.04. The van der Waals surface area contributed by atoms with Crippen molar-refractivity contribution >= 4 is 51.7 Å². The second-order valence-corrected chi connectivity index (χ2v) is 8.47. The number of benzene rings is 1. The molecule has 2 atom stereocenters. The van der Waals surface area contributed by atoms with E-state index in [0.29, 0.717) is 33.7 Å². The van der Waals surface area contributed by atoms with Crippen LogP contribution >= 0.6 is 35.0 Å². The molecular weight excluding hydrogens is 462 g/mol. The number of nitrogens with zero attached hydrogens (tertiary/aromatic N) is 1. The van der Waals surface area contributed by atoms with Gasteiger partial charge in [-0.15, -0.1) is 0 Å². The lowest BCUT2D eigenvalue weighted by Crippen LogP contribution is -2.48. The Morgan fingerprint density at radius 2 is 2.10 bits per heavy atom. The Balaban J connectivity index is 1.51. The Labute approximate surface area is 185 Å². The molecule has 0 saturated carbocycles. The predicted octanol–water partition coefficient (Wildman–Crippen LogP) is 6.06. The molecule has 0 spiro atoms. The molecule has 162 valence electrons. The Kier molecular flexibility index (Phi) is 7.60. The van der Waals surface area contributed by atoms with Crippen LogP contribution in [0.4, 0.5) is 18.9 Å². The van der Waals surface area contributed by atoms with Gasteiger partial charge in [-0.25, -0.2) is 0 Å². The molecule has 0 radical (unpaired) electrons. The fourth-order valence-electron chi connectivity index (χ4n) is 2.82. The van der Waals surface area contributed by atoms with Crippen molar-refractivity contribution in [3.05, 3.63) is 52.4 Å². The number of alkyl halides is 3. The summed E-state index contributed by atoms with van der Waals surface area (Å²) in [5, 5.41) is 6.05. The smallest absolute Gasteiger partial charge is 0.408 e. The number of furan rings is 1. The third kappa shape index (κ3) is 6.33. The summed E-state index contributed by atoms with van der Waals surface area (Å²) in [6, 6.07) is 5.59. The van der Waals surface area contributed by atoms with Crippen LogP contribution in [0.2, 0.25) is 10.0 Å². The summed E-state index contributed by atoms with van der Waals surface area (Å²) >= 11 is 12.9. The van der Waals surface area contributed by atoms with Crippen LogP contribution in [0.15, 0.2) is 46.0 Å². The summed E-state index contributed by atoms with van der Waals surface area (Å²) < 4.78 is 45.0. The highest BCUT2D eigenvalue weighted by molar-refractivity contribution is 8.13. The summed E-state index contributed by atoms with van der Waals surface area (Å²) in [5.74, 6) is 0.592. The number of amidine groups is 1. The van der Waals surface area contributed by atoms with E-state index in [9.17, 15) is 18.0 Å². The van der Waals surface area contributed by atoms with Crippen LogP contribution in [0.5, 0.6) is 0 Å². The zero-order valence-corrected chi connectivity index (χ0v) is 17.8. The van der Waals surface area contributed by atoms with Gasteiger partial charge in [0.05, 0.1) is 16.3 Å². The van der Waals surface area contributed by atoms with Crippen LogP contribution in [-0.2, 0) is 4.79 Å². The van der Waals surface area contributed by atoms with Crippen molar-refractivity contribution in [1.82, 2.24) is 5.32 Å². The SMILES string of the molecule is O=C(CCCSC1=N[C@@H](c2ccco2)C[C@H](C(F)(F)F)N1)Nc1ccc(Cl)c(Cl)c1.